The lowest BCUT2D eigenvalue weighted by Crippen LogP contribution is -2.19. The third kappa shape index (κ3) is 3.44. The third-order valence-electron chi connectivity index (χ3n) is 4.53. The summed E-state index contributed by atoms with van der Waals surface area (Å²) in [5.41, 5.74) is 2.44. The van der Waals surface area contributed by atoms with E-state index < -0.39 is 0 Å². The van der Waals surface area contributed by atoms with Crippen LogP contribution in [-0.2, 0) is 11.2 Å². The molecule has 0 fully saturated rings. The molecule has 6 nitrogen and oxygen atoms in total. The van der Waals surface area contributed by atoms with E-state index in [9.17, 15) is 9.59 Å². The van der Waals surface area contributed by atoms with Crippen LogP contribution in [0, 0.1) is 13.8 Å². The van der Waals surface area contributed by atoms with E-state index in [0.29, 0.717) is 28.0 Å². The van der Waals surface area contributed by atoms with Gasteiger partial charge >= 0.3 is 0 Å². The molecule has 1 N–H and O–H groups in total. The fourth-order valence-electron chi connectivity index (χ4n) is 3.24. The Labute approximate surface area is 161 Å². The first-order chi connectivity index (χ1) is 13.5. The molecular weight excluding hydrogens is 354 g/mol. The van der Waals surface area contributed by atoms with Gasteiger partial charge in [0.2, 0.25) is 5.91 Å². The highest BCUT2D eigenvalue weighted by Gasteiger charge is 2.12. The van der Waals surface area contributed by atoms with Crippen LogP contribution in [0.5, 0.6) is 0 Å². The minimum atomic E-state index is -0.222. The molecule has 0 radical (unpaired) electrons. The van der Waals surface area contributed by atoms with E-state index in [0.717, 1.165) is 11.1 Å². The van der Waals surface area contributed by atoms with Crippen molar-refractivity contribution in [1.82, 2.24) is 9.72 Å². The molecule has 2 heterocycles. The Hall–Kier alpha value is -3.67. The summed E-state index contributed by atoms with van der Waals surface area (Å²) < 4.78 is 6.49. The number of rotatable bonds is 4. The Kier molecular flexibility index (Phi) is 4.53. The van der Waals surface area contributed by atoms with Crippen LogP contribution >= 0.6 is 0 Å². The van der Waals surface area contributed by atoms with Gasteiger partial charge in [0.1, 0.15) is 5.76 Å². The predicted octanol–water partition coefficient (Wildman–Crippen LogP) is 3.78. The summed E-state index contributed by atoms with van der Waals surface area (Å²) in [6.45, 7) is 3.76. The van der Waals surface area contributed by atoms with Crippen LogP contribution in [0.2, 0.25) is 0 Å². The van der Waals surface area contributed by atoms with Crippen molar-refractivity contribution in [3.63, 3.8) is 0 Å². The Morgan fingerprint density at radius 3 is 2.64 bits per heavy atom. The van der Waals surface area contributed by atoms with Gasteiger partial charge in [-0.15, -0.1) is 0 Å². The van der Waals surface area contributed by atoms with Crippen molar-refractivity contribution in [1.29, 1.82) is 0 Å². The average Bonchev–Trinajstić information content (AvgIpc) is 3.08. The Balaban J connectivity index is 1.66. The van der Waals surface area contributed by atoms with Crippen LogP contribution in [-0.4, -0.2) is 15.6 Å². The van der Waals surface area contributed by atoms with Crippen molar-refractivity contribution in [3.8, 4) is 5.82 Å². The average molecular weight is 373 g/mol. The topological polar surface area (TPSA) is 77.1 Å². The van der Waals surface area contributed by atoms with Gasteiger partial charge in [0.15, 0.2) is 5.82 Å². The second-order valence-corrected chi connectivity index (χ2v) is 6.77. The normalized spacial score (nSPS) is 10.9. The number of benzene rings is 2. The summed E-state index contributed by atoms with van der Waals surface area (Å²) in [6.07, 6.45) is 1.91. The van der Waals surface area contributed by atoms with E-state index in [1.165, 1.54) is 4.57 Å². The highest BCUT2D eigenvalue weighted by atomic mass is 16.5. The number of aromatic nitrogens is 2. The number of pyridine rings is 1. The van der Waals surface area contributed by atoms with Gasteiger partial charge < -0.3 is 9.84 Å². The summed E-state index contributed by atoms with van der Waals surface area (Å²) in [5.74, 6) is 0.923. The molecule has 4 aromatic rings. The molecule has 0 aliphatic heterocycles. The smallest absolute Gasteiger partial charge is 0.264 e. The zero-order valence-electron chi connectivity index (χ0n) is 15.6. The molecule has 140 valence electrons. The molecule has 0 atom stereocenters. The minimum absolute atomic E-state index is 0.130. The lowest BCUT2D eigenvalue weighted by atomic mass is 10.1. The molecule has 0 aliphatic carbocycles. The van der Waals surface area contributed by atoms with Crippen molar-refractivity contribution >= 4 is 22.4 Å². The summed E-state index contributed by atoms with van der Waals surface area (Å²) in [6, 6.07) is 16.6. The fraction of sp³-hybridized carbons (Fsp3) is 0.136. The lowest BCUT2D eigenvalue weighted by Gasteiger charge is -2.10. The third-order valence-corrected chi connectivity index (χ3v) is 4.53. The maximum Gasteiger partial charge on any atom is 0.264 e. The number of fused-ring (bicyclic) bond motifs is 1. The van der Waals surface area contributed by atoms with Gasteiger partial charge in [-0.05, 0) is 37.6 Å². The first-order valence-electron chi connectivity index (χ1n) is 8.95. The number of hydrogen-bond donors (Lipinski definition) is 1. The first kappa shape index (κ1) is 17.7. The summed E-state index contributed by atoms with van der Waals surface area (Å²) in [5, 5.41) is 8.00. The second-order valence-electron chi connectivity index (χ2n) is 6.77. The highest BCUT2D eigenvalue weighted by Crippen LogP contribution is 2.22. The Morgan fingerprint density at radius 2 is 1.89 bits per heavy atom. The van der Waals surface area contributed by atoms with E-state index >= 15 is 0 Å². The molecule has 6 heteroatoms. The fourth-order valence-corrected chi connectivity index (χ4v) is 3.24. The number of aryl methyl sites for hydroxylation is 2. The maximum absolute atomic E-state index is 12.9. The lowest BCUT2D eigenvalue weighted by molar-refractivity contribution is -0.115. The van der Waals surface area contributed by atoms with Crippen LogP contribution in [0.1, 0.15) is 16.9 Å². The van der Waals surface area contributed by atoms with E-state index in [1.54, 1.807) is 43.5 Å². The number of nitrogens with one attached hydrogen (secondary N) is 1. The monoisotopic (exact) mass is 373 g/mol. The van der Waals surface area contributed by atoms with Crippen LogP contribution < -0.4 is 10.9 Å². The van der Waals surface area contributed by atoms with E-state index in [1.807, 2.05) is 31.2 Å². The quantitative estimate of drug-likeness (QED) is 0.591. The van der Waals surface area contributed by atoms with Crippen molar-refractivity contribution in [2.24, 2.45) is 0 Å². The van der Waals surface area contributed by atoms with Gasteiger partial charge in [0, 0.05) is 28.7 Å². The largest absolute Gasteiger partial charge is 0.360 e. The van der Waals surface area contributed by atoms with Crippen LogP contribution in [0.15, 0.2) is 70.1 Å². The molecule has 2 aromatic heterocycles. The number of nitrogens with zero attached hydrogens (tertiary/aromatic N) is 2. The first-order valence-corrected chi connectivity index (χ1v) is 8.95. The minimum Gasteiger partial charge on any atom is -0.360 e. The Morgan fingerprint density at radius 1 is 1.07 bits per heavy atom. The summed E-state index contributed by atoms with van der Waals surface area (Å²) in [7, 11) is 0. The maximum atomic E-state index is 12.9. The molecule has 4 rings (SSSR count). The molecular formula is C22H19N3O3. The molecule has 1 amide bonds. The molecule has 0 spiro atoms. The predicted molar refractivity (Wildman–Crippen MR) is 108 cm³/mol. The van der Waals surface area contributed by atoms with Crippen molar-refractivity contribution < 1.29 is 9.32 Å². The van der Waals surface area contributed by atoms with Crippen LogP contribution in [0.25, 0.3) is 16.6 Å². The van der Waals surface area contributed by atoms with Gasteiger partial charge in [-0.3, -0.25) is 14.2 Å². The molecule has 2 aromatic carbocycles. The molecule has 0 saturated carbocycles. The number of carbonyl (C=O) groups excluding carboxylic acids is 1. The highest BCUT2D eigenvalue weighted by molar-refractivity contribution is 6.02. The van der Waals surface area contributed by atoms with Gasteiger partial charge in [0.25, 0.3) is 5.56 Å². The van der Waals surface area contributed by atoms with Crippen LogP contribution in [0.4, 0.5) is 5.69 Å². The Bertz CT molecular complexity index is 1240. The second kappa shape index (κ2) is 7.15. The van der Waals surface area contributed by atoms with Crippen LogP contribution in [0.3, 0.4) is 0 Å². The zero-order valence-corrected chi connectivity index (χ0v) is 15.6. The van der Waals surface area contributed by atoms with E-state index in [2.05, 4.69) is 10.5 Å². The zero-order chi connectivity index (χ0) is 19.7. The molecule has 0 saturated heterocycles. The molecule has 28 heavy (non-hydrogen) atoms. The number of amides is 1. The van der Waals surface area contributed by atoms with E-state index in [4.69, 9.17) is 4.52 Å². The standard InChI is InChI=1S/C22H19N3O3/c1-14-5-3-6-16(11-14)13-21(26)23-19-8-4-7-18-17(19)9-10-25(22(18)27)20-12-15(2)28-24-20/h3-12H,13H2,1-2H3,(H,23,26). The van der Waals surface area contributed by atoms with Crippen molar-refractivity contribution in [3.05, 3.63) is 88.0 Å². The molecule has 0 bridgehead atoms. The molecule has 0 unspecified atom stereocenters. The van der Waals surface area contributed by atoms with Crippen molar-refractivity contribution in [2.75, 3.05) is 5.32 Å². The number of anilines is 1. The van der Waals surface area contributed by atoms with Crippen molar-refractivity contribution in [2.45, 2.75) is 20.3 Å². The summed E-state index contributed by atoms with van der Waals surface area (Å²) in [4.78, 5) is 25.4. The SMILES string of the molecule is Cc1cccc(CC(=O)Nc2cccc3c(=O)n(-c4cc(C)on4)ccc23)c1. The van der Waals surface area contributed by atoms with Gasteiger partial charge in [-0.1, -0.05) is 41.1 Å². The van der Waals surface area contributed by atoms with Gasteiger partial charge in [-0.2, -0.15) is 0 Å². The number of carbonyl (C=O) groups is 1. The summed E-state index contributed by atoms with van der Waals surface area (Å²) >= 11 is 0. The van der Waals surface area contributed by atoms with Gasteiger partial charge in [-0.25, -0.2) is 0 Å². The van der Waals surface area contributed by atoms with E-state index in [-0.39, 0.29) is 17.9 Å². The number of hydrogen-bond acceptors (Lipinski definition) is 4. The van der Waals surface area contributed by atoms with Gasteiger partial charge in [0.05, 0.1) is 6.42 Å². The molecule has 0 aliphatic rings.